The average Bonchev–Trinajstić information content (AvgIpc) is 1.89. The van der Waals surface area contributed by atoms with E-state index in [1.54, 1.807) is 37.6 Å². The van der Waals surface area contributed by atoms with Gasteiger partial charge in [-0.3, -0.25) is 53.4 Å². The summed E-state index contributed by atoms with van der Waals surface area (Å²) in [7, 11) is 0. The fraction of sp³-hybridized carbons (Fsp3) is 0.607. The van der Waals surface area contributed by atoms with Crippen molar-refractivity contribution in [3.8, 4) is 10.4 Å². The predicted molar refractivity (Wildman–Crippen MR) is 325 cm³/mol. The molecule has 490 valence electrons. The van der Waals surface area contributed by atoms with Gasteiger partial charge in [-0.05, 0) is 66.3 Å². The van der Waals surface area contributed by atoms with E-state index >= 15 is 0 Å². The number of aromatic nitrogens is 1. The number of hydrogen-bond acceptors (Lipinski definition) is 20. The van der Waals surface area contributed by atoms with E-state index in [-0.39, 0.29) is 134 Å². The number of hydrogen-bond donors (Lipinski definition) is 8. The quantitative estimate of drug-likeness (QED) is 0.0292. The zero-order valence-corrected chi connectivity index (χ0v) is 52.4. The third-order valence-corrected chi connectivity index (χ3v) is 15.7. The molecule has 4 heterocycles. The van der Waals surface area contributed by atoms with Gasteiger partial charge in [0.2, 0.25) is 53.2 Å². The van der Waals surface area contributed by atoms with Gasteiger partial charge in [0.15, 0.2) is 0 Å². The van der Waals surface area contributed by atoms with E-state index < -0.39 is 53.4 Å². The molecule has 0 saturated carbocycles. The molecule has 2 fully saturated rings. The van der Waals surface area contributed by atoms with Crippen LogP contribution in [0.25, 0.3) is 10.4 Å². The summed E-state index contributed by atoms with van der Waals surface area (Å²) in [4.78, 5) is 123. The summed E-state index contributed by atoms with van der Waals surface area (Å²) >= 11 is 1.55. The summed E-state index contributed by atoms with van der Waals surface area (Å²) in [6, 6.07) is 10.3. The molecule has 28 heteroatoms. The van der Waals surface area contributed by atoms with Gasteiger partial charge in [-0.1, -0.05) is 57.2 Å². The molecule has 8 N–H and O–H groups in total. The lowest BCUT2D eigenvalue weighted by molar-refractivity contribution is -0.144. The molecule has 0 aliphatic carbocycles. The minimum Gasteiger partial charge on any atom is -0.391 e. The number of nitrogens with one attached hydrogen (secondary N) is 7. The molecule has 6 rings (SSSR count). The number of aryl methyl sites for hydroxylation is 1. The number of carbonyl (C=O) groups is 9. The Balaban J connectivity index is 0.713. The molecule has 3 aliphatic rings. The number of imide groups is 1. The monoisotopic (exact) mass is 1260 g/mol. The van der Waals surface area contributed by atoms with Gasteiger partial charge in [-0.2, -0.15) is 0 Å². The van der Waals surface area contributed by atoms with Gasteiger partial charge in [0.05, 0.1) is 101 Å². The van der Waals surface area contributed by atoms with Crippen molar-refractivity contribution >= 4 is 70.2 Å². The van der Waals surface area contributed by atoms with E-state index in [4.69, 9.17) is 33.2 Å². The minimum atomic E-state index is -1.01. The molecular weight excluding hydrogens is 1180 g/mol. The molecular formula is C61H88N10O17S. The van der Waals surface area contributed by atoms with Crippen molar-refractivity contribution in [3.05, 3.63) is 70.4 Å². The second kappa shape index (κ2) is 37.3. The number of benzene rings is 2. The van der Waals surface area contributed by atoms with Crippen molar-refractivity contribution in [1.82, 2.24) is 46.7 Å². The first kappa shape index (κ1) is 71.2. The molecule has 2 aromatic carbocycles. The number of carbonyl (C=O) groups excluding carboxylic acids is 9. The number of thiazole rings is 1. The number of nitrogens with zero attached hydrogens (tertiary/aromatic N) is 3. The van der Waals surface area contributed by atoms with Crippen LogP contribution in [0, 0.1) is 12.3 Å². The first-order valence-corrected chi connectivity index (χ1v) is 31.0. The summed E-state index contributed by atoms with van der Waals surface area (Å²) in [5, 5.41) is 29.7. The van der Waals surface area contributed by atoms with Crippen molar-refractivity contribution in [2.75, 3.05) is 117 Å². The molecule has 0 bridgehead atoms. The van der Waals surface area contributed by atoms with Crippen molar-refractivity contribution in [2.45, 2.75) is 123 Å². The highest BCUT2D eigenvalue weighted by Gasteiger charge is 2.44. The number of β-amino-alcohol motifs (C(OH)–C–C–N with tert-alkyl or cyclic N) is 1. The van der Waals surface area contributed by atoms with Gasteiger partial charge < -0.3 is 75.1 Å². The van der Waals surface area contributed by atoms with E-state index in [9.17, 15) is 48.3 Å². The van der Waals surface area contributed by atoms with E-state index in [0.29, 0.717) is 77.2 Å². The van der Waals surface area contributed by atoms with Crippen LogP contribution in [-0.2, 0) is 95.9 Å². The summed E-state index contributed by atoms with van der Waals surface area (Å²) in [5.74, 6) is -3.34. The first-order chi connectivity index (χ1) is 42.8. The lowest BCUT2D eigenvalue weighted by Crippen LogP contribution is -2.58. The normalized spacial score (nSPS) is 17.3. The Labute approximate surface area is 523 Å². The fourth-order valence-electron chi connectivity index (χ4n) is 10.1. The Hall–Kier alpha value is -6.86. The first-order valence-electron chi connectivity index (χ1n) is 30.2. The van der Waals surface area contributed by atoms with Crippen LogP contribution in [0.4, 0.5) is 5.69 Å². The number of rotatable bonds is 39. The lowest BCUT2D eigenvalue weighted by atomic mass is 9.85. The van der Waals surface area contributed by atoms with Gasteiger partial charge in [0.25, 0.3) is 0 Å². The standard InChI is InChI=1S/C61H88N10O17S/c1-40-55(89-39-65-40)43-14-12-42(13-15-43)32-64-58(79)50-31-45(73)34-71(50)60(81)56(61(3,4)5)68-54(77)38-88-30-27-85-25-28-86-36-52(75)62-18-7-6-10-48(66-41(2)72)57(78)63-19-20-82-21-22-83-23-24-84-26-29-87-37-53(76)67-47-11-8-9-44-33-70(35-46(44)47)49-16-17-51(74)69-59(49)80/h8-9,11-15,39,45,48-50,56,73H,6-7,10,16-38H2,1-5H3,(H,62,75)(H,63,78)(H,64,79)(H,66,72)(H,67,76)(H,68,77)(H,69,74,80)/t45-,48+,49?,50+,56-/m1/s1. The maximum atomic E-state index is 14.0. The van der Waals surface area contributed by atoms with Crippen LogP contribution in [-0.4, -0.2) is 215 Å². The van der Waals surface area contributed by atoms with Crippen LogP contribution in [0.15, 0.2) is 48.0 Å². The third kappa shape index (κ3) is 24.5. The smallest absolute Gasteiger partial charge is 0.250 e. The van der Waals surface area contributed by atoms with Gasteiger partial charge in [0, 0.05) is 64.7 Å². The summed E-state index contributed by atoms with van der Waals surface area (Å²) in [5.41, 5.74) is 6.51. The van der Waals surface area contributed by atoms with Gasteiger partial charge >= 0.3 is 0 Å². The van der Waals surface area contributed by atoms with E-state index in [1.165, 1.54) is 11.8 Å². The van der Waals surface area contributed by atoms with E-state index in [0.717, 1.165) is 32.8 Å². The maximum Gasteiger partial charge on any atom is 0.250 e. The number of amides is 9. The summed E-state index contributed by atoms with van der Waals surface area (Å²) in [6.45, 7) is 12.1. The second-order valence-corrected chi connectivity index (χ2v) is 23.7. The number of ether oxygens (including phenoxy) is 7. The van der Waals surface area contributed by atoms with Gasteiger partial charge in [-0.25, -0.2) is 4.98 Å². The second-order valence-electron chi connectivity index (χ2n) is 22.8. The topological polar surface area (TPSA) is 342 Å². The van der Waals surface area contributed by atoms with Crippen molar-refractivity contribution in [3.63, 3.8) is 0 Å². The molecule has 1 aromatic heterocycles. The highest BCUT2D eigenvalue weighted by Crippen LogP contribution is 2.33. The fourth-order valence-corrected chi connectivity index (χ4v) is 10.9. The Morgan fingerprint density at radius 3 is 1.99 bits per heavy atom. The number of aliphatic hydroxyl groups is 1. The Morgan fingerprint density at radius 1 is 0.742 bits per heavy atom. The van der Waals surface area contributed by atoms with Gasteiger partial charge in [-0.15, -0.1) is 11.3 Å². The molecule has 3 aromatic rings. The average molecular weight is 1270 g/mol. The predicted octanol–water partition coefficient (Wildman–Crippen LogP) is 1.01. The third-order valence-electron chi connectivity index (χ3n) is 14.7. The maximum absolute atomic E-state index is 14.0. The van der Waals surface area contributed by atoms with Crippen LogP contribution in [0.3, 0.4) is 0 Å². The van der Waals surface area contributed by atoms with Gasteiger partial charge in [0.1, 0.15) is 37.9 Å². The zero-order chi connectivity index (χ0) is 64.1. The minimum absolute atomic E-state index is 0.0522. The molecule has 2 saturated heterocycles. The summed E-state index contributed by atoms with van der Waals surface area (Å²) < 4.78 is 38.5. The number of unbranched alkanes of at least 4 members (excludes halogenated alkanes) is 1. The van der Waals surface area contributed by atoms with Crippen molar-refractivity contribution in [1.29, 1.82) is 0 Å². The zero-order valence-electron chi connectivity index (χ0n) is 51.6. The molecule has 9 amide bonds. The Morgan fingerprint density at radius 2 is 1.37 bits per heavy atom. The van der Waals surface area contributed by atoms with Crippen molar-refractivity contribution in [2.24, 2.45) is 5.41 Å². The Bertz CT molecular complexity index is 2820. The molecule has 89 heavy (non-hydrogen) atoms. The van der Waals surface area contributed by atoms with E-state index in [1.807, 2.05) is 54.3 Å². The SMILES string of the molecule is CC(=O)N[C@@H](CCCCNC(=O)COCCOCCOCC(=O)N[C@H](C(=O)N1C[C@H](O)C[C@H]1C(=O)NCc1ccc(-c2scnc2C)cc1)C(C)(C)C)C(=O)NCCOCCOCCOCCOCC(=O)Nc1cccc2c1CN(C1CCC(=O)NC1=O)C2. The highest BCUT2D eigenvalue weighted by molar-refractivity contribution is 7.13. The number of piperidine rings is 1. The highest BCUT2D eigenvalue weighted by atomic mass is 32.1. The largest absolute Gasteiger partial charge is 0.391 e. The molecule has 0 radical (unpaired) electrons. The molecule has 5 atom stereocenters. The molecule has 3 aliphatic heterocycles. The van der Waals surface area contributed by atoms with Crippen LogP contribution >= 0.6 is 11.3 Å². The van der Waals surface area contributed by atoms with Crippen LogP contribution in [0.2, 0.25) is 0 Å². The van der Waals surface area contributed by atoms with Crippen LogP contribution < -0.4 is 37.2 Å². The van der Waals surface area contributed by atoms with Crippen LogP contribution in [0.5, 0.6) is 0 Å². The summed E-state index contributed by atoms with van der Waals surface area (Å²) in [6.07, 6.45) is 1.36. The number of aliphatic hydroxyl groups excluding tert-OH is 1. The molecule has 27 nitrogen and oxygen atoms in total. The van der Waals surface area contributed by atoms with Crippen LogP contribution in [0.1, 0.15) is 88.6 Å². The molecule has 1 unspecified atom stereocenters. The van der Waals surface area contributed by atoms with Crippen molar-refractivity contribution < 1.29 is 81.4 Å². The number of likely N-dealkylation sites (tertiary alicyclic amines) is 1. The lowest BCUT2D eigenvalue weighted by Gasteiger charge is -2.35. The molecule has 0 spiro atoms. The number of anilines is 1. The van der Waals surface area contributed by atoms with E-state index in [2.05, 4.69) is 42.2 Å². The number of fused-ring (bicyclic) bond motifs is 1. The Kier molecular flexibility index (Phi) is 29.9.